The lowest BCUT2D eigenvalue weighted by Gasteiger charge is -2.03. The fourth-order valence-corrected chi connectivity index (χ4v) is 1.19. The number of methoxy groups -OCH3 is 1. The third-order valence-corrected chi connectivity index (χ3v) is 1.90. The molecule has 0 spiro atoms. The Morgan fingerprint density at radius 1 is 1.27 bits per heavy atom. The van der Waals surface area contributed by atoms with Crippen molar-refractivity contribution in [3.63, 3.8) is 0 Å². The molecule has 0 bridgehead atoms. The fraction of sp³-hybridized carbons (Fsp3) is 0.273. The average Bonchev–Trinajstić information content (AvgIpc) is 2.26. The lowest BCUT2D eigenvalue weighted by Crippen LogP contribution is -2.36. The first-order valence-electron chi connectivity index (χ1n) is 4.60. The Morgan fingerprint density at radius 2 is 1.87 bits per heavy atom. The summed E-state index contributed by atoms with van der Waals surface area (Å²) in [5.74, 6) is 0.711. The topological polar surface area (TPSA) is 41.3 Å². The van der Waals surface area contributed by atoms with Gasteiger partial charge >= 0.3 is 6.09 Å². The van der Waals surface area contributed by atoms with Crippen molar-refractivity contribution < 1.29 is 14.1 Å². The number of hydrogen-bond donors (Lipinski definition) is 1. The lowest BCUT2D eigenvalue weighted by atomic mass is 10.2. The molecule has 1 aromatic rings. The number of nitrogens with zero attached hydrogens (tertiary/aromatic N) is 1. The number of alkyl carbamates (subject to hydrolysis) is 1. The molecule has 0 aliphatic carbocycles. The van der Waals surface area contributed by atoms with E-state index >= 15 is 0 Å². The number of rotatable bonds is 1. The van der Waals surface area contributed by atoms with Gasteiger partial charge in [0.2, 0.25) is 0 Å². The van der Waals surface area contributed by atoms with Crippen molar-refractivity contribution in [2.45, 2.75) is 0 Å². The van der Waals surface area contributed by atoms with E-state index in [0.29, 0.717) is 5.84 Å². The number of benzene rings is 1. The summed E-state index contributed by atoms with van der Waals surface area (Å²) < 4.78 is 6.38. The van der Waals surface area contributed by atoms with E-state index in [9.17, 15) is 4.79 Å². The van der Waals surface area contributed by atoms with E-state index in [2.05, 4.69) is 10.1 Å². The fourth-order valence-electron chi connectivity index (χ4n) is 1.19. The van der Waals surface area contributed by atoms with Gasteiger partial charge in [-0.15, -0.1) is 0 Å². The lowest BCUT2D eigenvalue weighted by molar-refractivity contribution is -0.465. The molecule has 0 atom stereocenters. The number of amides is 1. The molecule has 0 aliphatic heterocycles. The molecule has 0 radical (unpaired) electrons. The smallest absolute Gasteiger partial charge is 0.435 e. The summed E-state index contributed by atoms with van der Waals surface area (Å²) in [5.41, 5.74) is 0.938. The van der Waals surface area contributed by atoms with Crippen LogP contribution in [0.1, 0.15) is 5.56 Å². The second-order valence-corrected chi connectivity index (χ2v) is 3.23. The van der Waals surface area contributed by atoms with Crippen LogP contribution < -0.4 is 5.32 Å². The molecular weight excluding hydrogens is 192 g/mol. The van der Waals surface area contributed by atoms with Gasteiger partial charge in [0, 0.05) is 0 Å². The summed E-state index contributed by atoms with van der Waals surface area (Å²) in [4.78, 5) is 11.1. The molecule has 1 rings (SSSR count). The van der Waals surface area contributed by atoms with Gasteiger partial charge < -0.3 is 4.74 Å². The van der Waals surface area contributed by atoms with E-state index in [1.54, 1.807) is 0 Å². The van der Waals surface area contributed by atoms with Gasteiger partial charge in [0.25, 0.3) is 5.84 Å². The molecule has 1 amide bonds. The minimum atomic E-state index is -0.470. The maximum absolute atomic E-state index is 11.1. The second kappa shape index (κ2) is 5.14. The van der Waals surface area contributed by atoms with Crippen molar-refractivity contribution in [1.29, 1.82) is 0 Å². The normalized spacial score (nSPS) is 9.27. The number of nitrogens with one attached hydrogen (secondary N) is 1. The quantitative estimate of drug-likeness (QED) is 0.425. The molecule has 4 heteroatoms. The molecule has 0 heterocycles. The van der Waals surface area contributed by atoms with Crippen LogP contribution in [0.15, 0.2) is 30.3 Å². The van der Waals surface area contributed by atoms with Crippen LogP contribution >= 0.6 is 0 Å². The molecule has 0 unspecified atom stereocenters. The third kappa shape index (κ3) is 3.09. The van der Waals surface area contributed by atoms with Gasteiger partial charge in [-0.2, -0.15) is 10.1 Å². The first kappa shape index (κ1) is 11.2. The monoisotopic (exact) mass is 207 g/mol. The molecule has 15 heavy (non-hydrogen) atoms. The zero-order chi connectivity index (χ0) is 11.3. The van der Waals surface area contributed by atoms with Crippen LogP contribution in [0.4, 0.5) is 4.79 Å². The first-order chi connectivity index (χ1) is 7.15. The molecular formula is C11H15N2O2+. The molecule has 0 aliphatic rings. The van der Waals surface area contributed by atoms with Crippen LogP contribution in [0, 0.1) is 0 Å². The predicted octanol–water partition coefficient (Wildman–Crippen LogP) is 1.06. The largest absolute Gasteiger partial charge is 0.504 e. The third-order valence-electron chi connectivity index (χ3n) is 1.90. The van der Waals surface area contributed by atoms with E-state index in [4.69, 9.17) is 0 Å². The second-order valence-electron chi connectivity index (χ2n) is 3.23. The number of hydrogen-bond acceptors (Lipinski definition) is 2. The Hall–Kier alpha value is -1.84. The highest BCUT2D eigenvalue weighted by Crippen LogP contribution is 1.98. The first-order valence-corrected chi connectivity index (χ1v) is 4.60. The summed E-state index contributed by atoms with van der Waals surface area (Å²) in [6, 6.07) is 9.60. The summed E-state index contributed by atoms with van der Waals surface area (Å²) in [5, 5.41) is 2.66. The highest BCUT2D eigenvalue weighted by atomic mass is 16.5. The van der Waals surface area contributed by atoms with E-state index < -0.39 is 6.09 Å². The Labute approximate surface area is 89.2 Å². The van der Waals surface area contributed by atoms with Gasteiger partial charge in [-0.1, -0.05) is 18.2 Å². The zero-order valence-corrected chi connectivity index (χ0v) is 9.15. The van der Waals surface area contributed by atoms with Gasteiger partial charge in [0.1, 0.15) is 0 Å². The Morgan fingerprint density at radius 3 is 2.33 bits per heavy atom. The predicted molar refractivity (Wildman–Crippen MR) is 58.2 cm³/mol. The molecule has 0 saturated heterocycles. The SMILES string of the molecule is COC(=O)NC(c1ccccc1)=[N+](C)C. The summed E-state index contributed by atoms with van der Waals surface area (Å²) in [6.07, 6.45) is -0.470. The van der Waals surface area contributed by atoms with Crippen molar-refractivity contribution in [3.8, 4) is 0 Å². The van der Waals surface area contributed by atoms with Gasteiger partial charge in [-0.3, -0.25) is 4.58 Å². The Balaban J connectivity index is 2.96. The Bertz CT molecular complexity index is 367. The van der Waals surface area contributed by atoms with Crippen LogP contribution in [0.25, 0.3) is 0 Å². The van der Waals surface area contributed by atoms with Crippen LogP contribution in [0.2, 0.25) is 0 Å². The molecule has 1 N–H and O–H groups in total. The zero-order valence-electron chi connectivity index (χ0n) is 9.15. The summed E-state index contributed by atoms with van der Waals surface area (Å²) in [6.45, 7) is 0. The van der Waals surface area contributed by atoms with Crippen molar-refractivity contribution in [1.82, 2.24) is 5.32 Å². The highest BCUT2D eigenvalue weighted by molar-refractivity contribution is 6.03. The van der Waals surface area contributed by atoms with E-state index in [1.165, 1.54) is 7.11 Å². The number of ether oxygens (including phenoxy) is 1. The molecule has 1 aromatic carbocycles. The summed E-state index contributed by atoms with van der Waals surface area (Å²) >= 11 is 0. The van der Waals surface area contributed by atoms with Crippen LogP contribution in [-0.2, 0) is 4.74 Å². The molecule has 4 nitrogen and oxygen atoms in total. The van der Waals surface area contributed by atoms with E-state index in [0.717, 1.165) is 5.56 Å². The van der Waals surface area contributed by atoms with Gasteiger partial charge in [-0.25, -0.2) is 0 Å². The standard InChI is InChI=1S/C11H14N2O2/c1-13(2)10(12-11(14)15-3)9-7-5-4-6-8-9/h4-8H,1-3H3/p+1. The number of carbonyl (C=O) groups excluding carboxylic acids is 1. The Kier molecular flexibility index (Phi) is 3.85. The van der Waals surface area contributed by atoms with Crippen LogP contribution in [-0.4, -0.2) is 37.7 Å². The highest BCUT2D eigenvalue weighted by Gasteiger charge is 2.16. The number of amidine groups is 1. The van der Waals surface area contributed by atoms with Crippen LogP contribution in [0.5, 0.6) is 0 Å². The molecule has 0 fully saturated rings. The van der Waals surface area contributed by atoms with Crippen LogP contribution in [0.3, 0.4) is 0 Å². The van der Waals surface area contributed by atoms with Gasteiger partial charge in [0.15, 0.2) is 0 Å². The maximum atomic E-state index is 11.1. The maximum Gasteiger partial charge on any atom is 0.504 e. The van der Waals surface area contributed by atoms with E-state index in [-0.39, 0.29) is 0 Å². The average molecular weight is 207 g/mol. The van der Waals surface area contributed by atoms with Crippen molar-refractivity contribution in [2.24, 2.45) is 0 Å². The van der Waals surface area contributed by atoms with E-state index in [1.807, 2.05) is 49.0 Å². The van der Waals surface area contributed by atoms with Crippen molar-refractivity contribution in [3.05, 3.63) is 35.9 Å². The van der Waals surface area contributed by atoms with Crippen molar-refractivity contribution in [2.75, 3.05) is 21.2 Å². The summed E-state index contributed by atoms with van der Waals surface area (Å²) in [7, 11) is 5.06. The molecule has 0 saturated carbocycles. The van der Waals surface area contributed by atoms with Crippen molar-refractivity contribution >= 4 is 11.9 Å². The molecule has 0 aromatic heterocycles. The number of carbonyl (C=O) groups is 1. The molecule has 80 valence electrons. The van der Waals surface area contributed by atoms with Gasteiger partial charge in [-0.05, 0) is 12.1 Å². The van der Waals surface area contributed by atoms with Gasteiger partial charge in [0.05, 0.1) is 26.8 Å². The minimum absolute atomic E-state index is 0.470. The minimum Gasteiger partial charge on any atom is -0.435 e.